The van der Waals surface area contributed by atoms with Crippen LogP contribution in [-0.2, 0) is 0 Å². The number of thiophene rings is 1. The van der Waals surface area contributed by atoms with Crippen LogP contribution in [0.5, 0.6) is 0 Å². The van der Waals surface area contributed by atoms with Crippen LogP contribution in [0.15, 0.2) is 24.4 Å². The summed E-state index contributed by atoms with van der Waals surface area (Å²) in [6, 6.07) is 6.60. The zero-order valence-electron chi connectivity index (χ0n) is 10.6. The van der Waals surface area contributed by atoms with Crippen molar-refractivity contribution >= 4 is 11.3 Å². The molecule has 0 radical (unpaired) electrons. The first-order valence-corrected chi connectivity index (χ1v) is 6.77. The van der Waals surface area contributed by atoms with Gasteiger partial charge in [0.2, 0.25) is 0 Å². The molecule has 2 atom stereocenters. The minimum atomic E-state index is 0.104. The molecule has 0 spiro atoms. The summed E-state index contributed by atoms with van der Waals surface area (Å²) in [6.45, 7) is 6.25. The van der Waals surface area contributed by atoms with Crippen LogP contribution >= 0.6 is 11.3 Å². The van der Waals surface area contributed by atoms with Crippen LogP contribution in [0.4, 0.5) is 0 Å². The van der Waals surface area contributed by atoms with Gasteiger partial charge >= 0.3 is 0 Å². The number of rotatable bonds is 4. The Bertz CT molecular complexity index is 446. The average molecular weight is 249 g/mol. The van der Waals surface area contributed by atoms with Crippen LogP contribution in [-0.4, -0.2) is 15.8 Å². The second-order valence-electron chi connectivity index (χ2n) is 4.40. The normalized spacial score (nSPS) is 14.8. The van der Waals surface area contributed by atoms with Crippen LogP contribution in [0.3, 0.4) is 0 Å². The molecule has 2 heterocycles. The van der Waals surface area contributed by atoms with Gasteiger partial charge in [-0.05, 0) is 38.5 Å². The molecule has 0 amide bonds. The summed E-state index contributed by atoms with van der Waals surface area (Å²) in [7, 11) is 0. The fourth-order valence-electron chi connectivity index (χ4n) is 1.96. The Balaban J connectivity index is 2.38. The minimum Gasteiger partial charge on any atom is -0.326 e. The van der Waals surface area contributed by atoms with Crippen LogP contribution in [0.25, 0.3) is 0 Å². The van der Waals surface area contributed by atoms with Gasteiger partial charge in [0.25, 0.3) is 0 Å². The third-order valence-corrected chi connectivity index (χ3v) is 4.03. The smallest absolute Gasteiger partial charge is 0.101 e. The second-order valence-corrected chi connectivity index (χ2v) is 5.72. The van der Waals surface area contributed by atoms with E-state index in [9.17, 15) is 0 Å². The standard InChI is InChI=1S/C13H19N3S/c1-4-11(14)13(12-6-5-10(3)17-12)16-8-7-9(2)15-16/h5-8,11,13H,4,14H2,1-3H3. The SMILES string of the molecule is CCC(N)C(c1ccc(C)s1)n1ccc(C)n1. The Hall–Kier alpha value is -1.13. The third kappa shape index (κ3) is 2.58. The summed E-state index contributed by atoms with van der Waals surface area (Å²) in [5.74, 6) is 0. The highest BCUT2D eigenvalue weighted by Gasteiger charge is 2.22. The van der Waals surface area contributed by atoms with Crippen molar-refractivity contribution in [3.05, 3.63) is 39.8 Å². The summed E-state index contributed by atoms with van der Waals surface area (Å²) in [5, 5.41) is 4.51. The molecule has 92 valence electrons. The Labute approximate surface area is 106 Å². The Morgan fingerprint density at radius 3 is 2.59 bits per heavy atom. The van der Waals surface area contributed by atoms with E-state index in [-0.39, 0.29) is 12.1 Å². The van der Waals surface area contributed by atoms with Gasteiger partial charge in [-0.25, -0.2) is 0 Å². The van der Waals surface area contributed by atoms with E-state index in [1.807, 2.05) is 23.9 Å². The molecular formula is C13H19N3S. The van der Waals surface area contributed by atoms with Crippen LogP contribution in [0.2, 0.25) is 0 Å². The first-order chi connectivity index (χ1) is 8.11. The largest absolute Gasteiger partial charge is 0.326 e. The molecular weight excluding hydrogens is 230 g/mol. The molecule has 2 N–H and O–H groups in total. The zero-order chi connectivity index (χ0) is 12.4. The highest BCUT2D eigenvalue weighted by Crippen LogP contribution is 2.28. The van der Waals surface area contributed by atoms with Gasteiger partial charge in [-0.2, -0.15) is 5.10 Å². The maximum Gasteiger partial charge on any atom is 0.101 e. The molecule has 2 rings (SSSR count). The molecule has 3 nitrogen and oxygen atoms in total. The average Bonchev–Trinajstić information content (AvgIpc) is 2.89. The zero-order valence-corrected chi connectivity index (χ0v) is 11.4. The van der Waals surface area contributed by atoms with Gasteiger partial charge in [0.15, 0.2) is 0 Å². The lowest BCUT2D eigenvalue weighted by Crippen LogP contribution is -2.32. The van der Waals surface area contributed by atoms with Crippen LogP contribution in [0.1, 0.15) is 34.8 Å². The second kappa shape index (κ2) is 5.02. The molecule has 0 aliphatic heterocycles. The molecule has 0 saturated carbocycles. The molecule has 2 aromatic heterocycles. The third-order valence-electron chi connectivity index (χ3n) is 2.96. The Morgan fingerprint density at radius 2 is 2.12 bits per heavy atom. The van der Waals surface area contributed by atoms with E-state index < -0.39 is 0 Å². The van der Waals surface area contributed by atoms with Crippen molar-refractivity contribution in [3.63, 3.8) is 0 Å². The molecule has 0 aliphatic rings. The van der Waals surface area contributed by atoms with Crippen molar-refractivity contribution in [2.45, 2.75) is 39.3 Å². The molecule has 17 heavy (non-hydrogen) atoms. The molecule has 0 aromatic carbocycles. The van der Waals surface area contributed by atoms with E-state index >= 15 is 0 Å². The van der Waals surface area contributed by atoms with Crippen LogP contribution in [0, 0.1) is 13.8 Å². The first-order valence-electron chi connectivity index (χ1n) is 5.95. The number of nitrogens with two attached hydrogens (primary N) is 1. The number of nitrogens with zero attached hydrogens (tertiary/aromatic N) is 2. The highest BCUT2D eigenvalue weighted by atomic mass is 32.1. The van der Waals surface area contributed by atoms with Gasteiger partial charge in [0, 0.05) is 22.0 Å². The van der Waals surface area contributed by atoms with Crippen molar-refractivity contribution in [3.8, 4) is 0 Å². The topological polar surface area (TPSA) is 43.8 Å². The van der Waals surface area contributed by atoms with Crippen molar-refractivity contribution in [2.24, 2.45) is 5.73 Å². The fourth-order valence-corrected chi connectivity index (χ4v) is 3.01. The maximum atomic E-state index is 6.25. The van der Waals surface area contributed by atoms with Gasteiger partial charge in [0.1, 0.15) is 6.04 Å². The summed E-state index contributed by atoms with van der Waals surface area (Å²) < 4.78 is 1.99. The number of hydrogen-bond donors (Lipinski definition) is 1. The van der Waals surface area contributed by atoms with Crippen molar-refractivity contribution in [1.82, 2.24) is 9.78 Å². The first kappa shape index (κ1) is 12.3. The van der Waals surface area contributed by atoms with E-state index in [4.69, 9.17) is 5.73 Å². The van der Waals surface area contributed by atoms with Crippen molar-refractivity contribution in [2.75, 3.05) is 0 Å². The summed E-state index contributed by atoms with van der Waals surface area (Å²) in [6.07, 6.45) is 2.96. The monoisotopic (exact) mass is 249 g/mol. The number of aryl methyl sites for hydroxylation is 2. The fraction of sp³-hybridized carbons (Fsp3) is 0.462. The van der Waals surface area contributed by atoms with Gasteiger partial charge in [-0.1, -0.05) is 6.92 Å². The van der Waals surface area contributed by atoms with Gasteiger partial charge in [-0.3, -0.25) is 4.68 Å². The molecule has 2 aromatic rings. The number of aromatic nitrogens is 2. The maximum absolute atomic E-state index is 6.25. The highest BCUT2D eigenvalue weighted by molar-refractivity contribution is 7.12. The predicted molar refractivity (Wildman–Crippen MR) is 72.4 cm³/mol. The Kier molecular flexibility index (Phi) is 3.64. The molecule has 0 aliphatic carbocycles. The summed E-state index contributed by atoms with van der Waals surface area (Å²) >= 11 is 1.80. The van der Waals surface area contributed by atoms with E-state index in [0.717, 1.165) is 12.1 Å². The molecule has 2 unspecified atom stereocenters. The predicted octanol–water partition coefficient (Wildman–Crippen LogP) is 2.89. The van der Waals surface area contributed by atoms with Gasteiger partial charge < -0.3 is 5.73 Å². The van der Waals surface area contributed by atoms with Gasteiger partial charge in [0.05, 0.1) is 5.69 Å². The van der Waals surface area contributed by atoms with Crippen LogP contribution < -0.4 is 5.73 Å². The lowest BCUT2D eigenvalue weighted by molar-refractivity contribution is 0.428. The molecule has 0 saturated heterocycles. The Morgan fingerprint density at radius 1 is 1.35 bits per heavy atom. The minimum absolute atomic E-state index is 0.104. The molecule has 0 bridgehead atoms. The van der Waals surface area contributed by atoms with Gasteiger partial charge in [-0.15, -0.1) is 11.3 Å². The van der Waals surface area contributed by atoms with E-state index in [2.05, 4.69) is 31.1 Å². The molecule has 0 fully saturated rings. The van der Waals surface area contributed by atoms with Crippen molar-refractivity contribution < 1.29 is 0 Å². The summed E-state index contributed by atoms with van der Waals surface area (Å²) in [4.78, 5) is 2.61. The lowest BCUT2D eigenvalue weighted by atomic mass is 10.1. The van der Waals surface area contributed by atoms with E-state index in [1.165, 1.54) is 9.75 Å². The van der Waals surface area contributed by atoms with E-state index in [0.29, 0.717) is 0 Å². The quantitative estimate of drug-likeness (QED) is 0.905. The summed E-state index contributed by atoms with van der Waals surface area (Å²) in [5.41, 5.74) is 7.28. The van der Waals surface area contributed by atoms with Crippen molar-refractivity contribution in [1.29, 1.82) is 0 Å². The lowest BCUT2D eigenvalue weighted by Gasteiger charge is -2.22. The number of hydrogen-bond acceptors (Lipinski definition) is 3. The molecule has 4 heteroatoms. The van der Waals surface area contributed by atoms with E-state index in [1.54, 1.807) is 11.3 Å².